The molecule has 13 heteroatoms. The minimum atomic E-state index is -0.971. The predicted molar refractivity (Wildman–Crippen MR) is 161 cm³/mol. The highest BCUT2D eigenvalue weighted by Gasteiger charge is 2.16. The van der Waals surface area contributed by atoms with E-state index < -0.39 is 23.6 Å². The maximum Gasteiger partial charge on any atom is 0.307 e. The minimum Gasteiger partial charge on any atom is -0.481 e. The lowest BCUT2D eigenvalue weighted by Gasteiger charge is -2.12. The normalized spacial score (nSPS) is 11.1. The summed E-state index contributed by atoms with van der Waals surface area (Å²) in [6, 6.07) is 18.1. The number of hydrogen-bond acceptors (Lipinski definition) is 7. The summed E-state index contributed by atoms with van der Waals surface area (Å²) in [5, 5.41) is 23.3. The molecule has 2 aromatic heterocycles. The number of aromatic nitrogens is 2. The number of carboxylic acid groups (broad SMARTS) is 2. The summed E-state index contributed by atoms with van der Waals surface area (Å²) in [7, 11) is 0. The molecular weight excluding hydrogens is 594 g/mol. The molecule has 0 saturated heterocycles. The van der Waals surface area contributed by atoms with Gasteiger partial charge in [0.2, 0.25) is 11.8 Å². The second-order valence-corrected chi connectivity index (χ2v) is 10.2. The number of carboxylic acids is 2. The summed E-state index contributed by atoms with van der Waals surface area (Å²) in [5.41, 5.74) is 3.61. The van der Waals surface area contributed by atoms with Crippen molar-refractivity contribution in [2.45, 2.75) is 12.8 Å². The number of oxazole rings is 2. The number of benzene rings is 4. The lowest BCUT2D eigenvalue weighted by Crippen LogP contribution is -2.20. The Kier molecular flexibility index (Phi) is 7.45. The molecule has 220 valence electrons. The lowest BCUT2D eigenvalue weighted by molar-refractivity contribution is -0.137. The molecule has 6 aromatic rings. The molecular formula is C31H20F2N4O6S. The van der Waals surface area contributed by atoms with Crippen LogP contribution in [0.25, 0.3) is 45.1 Å². The average molecular weight is 615 g/mol. The standard InChI is InChI=1S/C31H20F2N4O6S/c32-19-13-17(29-34-23-9-15(11-27(38)39)1-7-25(23)42-29)3-5-21(19)36-31(44)37-22-6-4-18(14-20(22)33)30-35-24-10-16(12-28(40)41)2-8-26(24)43-30/h1-10,13-14H,11-12H2,(H,38,39)(H,40,41)(H2,36,37,44). The van der Waals surface area contributed by atoms with Gasteiger partial charge in [-0.1, -0.05) is 12.1 Å². The monoisotopic (exact) mass is 614 g/mol. The van der Waals surface area contributed by atoms with Gasteiger partial charge in [-0.2, -0.15) is 0 Å². The second-order valence-electron chi connectivity index (χ2n) is 9.75. The zero-order valence-corrected chi connectivity index (χ0v) is 23.2. The van der Waals surface area contributed by atoms with Crippen molar-refractivity contribution in [1.82, 2.24) is 9.97 Å². The molecule has 0 radical (unpaired) electrons. The van der Waals surface area contributed by atoms with Crippen LogP contribution in [0, 0.1) is 11.6 Å². The molecule has 10 nitrogen and oxygen atoms in total. The minimum absolute atomic E-state index is 0.0249. The van der Waals surface area contributed by atoms with E-state index in [0.717, 1.165) is 0 Å². The van der Waals surface area contributed by atoms with Crippen molar-refractivity contribution in [1.29, 1.82) is 0 Å². The highest BCUT2D eigenvalue weighted by atomic mass is 32.1. The maximum absolute atomic E-state index is 15.0. The lowest BCUT2D eigenvalue weighted by atomic mass is 10.1. The van der Waals surface area contributed by atoms with Crippen molar-refractivity contribution in [3.8, 4) is 22.9 Å². The van der Waals surface area contributed by atoms with Crippen LogP contribution in [0.5, 0.6) is 0 Å². The van der Waals surface area contributed by atoms with Gasteiger partial charge in [0, 0.05) is 11.1 Å². The average Bonchev–Trinajstić information content (AvgIpc) is 3.58. The van der Waals surface area contributed by atoms with Gasteiger partial charge in [0.1, 0.15) is 22.7 Å². The smallest absolute Gasteiger partial charge is 0.307 e. The van der Waals surface area contributed by atoms with Gasteiger partial charge in [-0.15, -0.1) is 0 Å². The molecule has 0 unspecified atom stereocenters. The van der Waals surface area contributed by atoms with Gasteiger partial charge in [-0.3, -0.25) is 9.59 Å². The number of fused-ring (bicyclic) bond motifs is 2. The molecule has 0 fully saturated rings. The SMILES string of the molecule is O=C(O)Cc1ccc2oc(-c3ccc(NC(=S)Nc4ccc(-c5nc6cc(CC(=O)O)ccc6o5)cc4F)c(F)c3)nc2c1. The zero-order valence-electron chi connectivity index (χ0n) is 22.4. The van der Waals surface area contributed by atoms with Crippen LogP contribution in [0.3, 0.4) is 0 Å². The first kappa shape index (κ1) is 28.4. The first-order valence-corrected chi connectivity index (χ1v) is 13.4. The predicted octanol–water partition coefficient (Wildman–Crippen LogP) is 6.64. The van der Waals surface area contributed by atoms with Crippen LogP contribution in [0.1, 0.15) is 11.1 Å². The van der Waals surface area contributed by atoms with Crippen LogP contribution in [0.4, 0.5) is 20.2 Å². The first-order chi connectivity index (χ1) is 21.1. The largest absolute Gasteiger partial charge is 0.481 e. The Hall–Kier alpha value is -5.69. The number of hydrogen-bond donors (Lipinski definition) is 4. The van der Waals surface area contributed by atoms with Gasteiger partial charge in [-0.25, -0.2) is 18.7 Å². The summed E-state index contributed by atoms with van der Waals surface area (Å²) in [4.78, 5) is 30.7. The summed E-state index contributed by atoms with van der Waals surface area (Å²) >= 11 is 5.26. The van der Waals surface area contributed by atoms with Gasteiger partial charge >= 0.3 is 11.9 Å². The number of halogens is 2. The van der Waals surface area contributed by atoms with E-state index in [4.69, 9.17) is 31.3 Å². The maximum atomic E-state index is 15.0. The Labute approximate surface area is 252 Å². The molecule has 4 aromatic carbocycles. The van der Waals surface area contributed by atoms with Gasteiger partial charge in [0.15, 0.2) is 16.3 Å². The van der Waals surface area contributed by atoms with Gasteiger partial charge in [0.05, 0.1) is 24.2 Å². The Bertz CT molecular complexity index is 1960. The summed E-state index contributed by atoms with van der Waals surface area (Å²) < 4.78 is 41.4. The van der Waals surface area contributed by atoms with Crippen LogP contribution in [0.2, 0.25) is 0 Å². The quantitative estimate of drug-likeness (QED) is 0.137. The molecule has 0 atom stereocenters. The highest BCUT2D eigenvalue weighted by Crippen LogP contribution is 2.30. The number of carbonyl (C=O) groups is 2. The summed E-state index contributed by atoms with van der Waals surface area (Å²) in [5.74, 6) is -2.97. The number of thiocarbonyl (C=S) groups is 1. The van der Waals surface area contributed by atoms with E-state index in [9.17, 15) is 18.4 Å². The van der Waals surface area contributed by atoms with Crippen molar-refractivity contribution in [3.63, 3.8) is 0 Å². The third-order valence-corrected chi connectivity index (χ3v) is 6.75. The van der Waals surface area contributed by atoms with E-state index in [2.05, 4.69) is 20.6 Å². The number of rotatable bonds is 8. The van der Waals surface area contributed by atoms with Crippen molar-refractivity contribution in [2.24, 2.45) is 0 Å². The van der Waals surface area contributed by atoms with Crippen molar-refractivity contribution >= 4 is 62.8 Å². The molecule has 0 saturated carbocycles. The number of nitrogens with one attached hydrogen (secondary N) is 2. The van der Waals surface area contributed by atoms with Crippen LogP contribution >= 0.6 is 12.2 Å². The van der Waals surface area contributed by atoms with Crippen LogP contribution in [-0.2, 0) is 22.4 Å². The Morgan fingerprint density at radius 1 is 0.682 bits per heavy atom. The fourth-order valence-corrected chi connectivity index (χ4v) is 4.76. The van der Waals surface area contributed by atoms with Gasteiger partial charge in [-0.05, 0) is 84.0 Å². The Balaban J connectivity index is 1.13. The van der Waals surface area contributed by atoms with Crippen molar-refractivity contribution in [2.75, 3.05) is 10.6 Å². The molecule has 0 aliphatic carbocycles. The van der Waals surface area contributed by atoms with E-state index >= 15 is 0 Å². The Morgan fingerprint density at radius 3 is 1.50 bits per heavy atom. The molecule has 6 rings (SSSR count). The molecule has 2 heterocycles. The van der Waals surface area contributed by atoms with Crippen LogP contribution < -0.4 is 10.6 Å². The van der Waals surface area contributed by atoms with Crippen molar-refractivity contribution in [3.05, 3.63) is 95.6 Å². The fraction of sp³-hybridized carbons (Fsp3) is 0.0645. The molecule has 0 aliphatic heterocycles. The molecule has 0 spiro atoms. The van der Waals surface area contributed by atoms with E-state index in [-0.39, 0.29) is 41.1 Å². The molecule has 4 N–H and O–H groups in total. The molecule has 0 aliphatic rings. The number of nitrogens with zero attached hydrogens (tertiary/aromatic N) is 2. The van der Waals surface area contributed by atoms with Gasteiger partial charge < -0.3 is 29.7 Å². The number of aliphatic carboxylic acids is 2. The molecule has 44 heavy (non-hydrogen) atoms. The summed E-state index contributed by atoms with van der Waals surface area (Å²) in [6.07, 6.45) is -0.322. The third kappa shape index (κ3) is 6.08. The van der Waals surface area contributed by atoms with Crippen molar-refractivity contribution < 1.29 is 37.4 Å². The van der Waals surface area contributed by atoms with E-state index in [1.54, 1.807) is 48.5 Å². The van der Waals surface area contributed by atoms with E-state index in [1.807, 2.05) is 0 Å². The zero-order chi connectivity index (χ0) is 31.0. The second kappa shape index (κ2) is 11.5. The van der Waals surface area contributed by atoms with E-state index in [0.29, 0.717) is 44.5 Å². The number of anilines is 2. The summed E-state index contributed by atoms with van der Waals surface area (Å²) in [6.45, 7) is 0. The van der Waals surface area contributed by atoms with Crippen LogP contribution in [-0.4, -0.2) is 37.2 Å². The first-order valence-electron chi connectivity index (χ1n) is 13.0. The third-order valence-electron chi connectivity index (χ3n) is 6.54. The fourth-order valence-electron chi connectivity index (χ4n) is 4.54. The highest BCUT2D eigenvalue weighted by molar-refractivity contribution is 7.80. The topological polar surface area (TPSA) is 151 Å². The molecule has 0 bridgehead atoms. The van der Waals surface area contributed by atoms with E-state index in [1.165, 1.54) is 24.3 Å². The van der Waals surface area contributed by atoms with Crippen LogP contribution in [0.15, 0.2) is 81.6 Å². The van der Waals surface area contributed by atoms with Gasteiger partial charge in [0.25, 0.3) is 0 Å². The Morgan fingerprint density at radius 2 is 1.11 bits per heavy atom. The molecule has 0 amide bonds.